The Hall–Kier alpha value is -2.61. The van der Waals surface area contributed by atoms with Crippen molar-refractivity contribution in [2.45, 2.75) is 6.54 Å². The molecule has 2 aromatic rings. The molecule has 1 fully saturated rings. The maximum Gasteiger partial charge on any atom is 0.338 e. The van der Waals surface area contributed by atoms with E-state index in [-0.39, 0.29) is 0 Å². The van der Waals surface area contributed by atoms with Crippen molar-refractivity contribution in [2.24, 2.45) is 0 Å². The van der Waals surface area contributed by atoms with Gasteiger partial charge < -0.3 is 19.5 Å². The summed E-state index contributed by atoms with van der Waals surface area (Å²) in [6, 6.07) is 12.0. The molecular weight excluding hydrogens is 396 g/mol. The number of ether oxygens (including phenoxy) is 3. The van der Waals surface area contributed by atoms with Gasteiger partial charge in [0.05, 0.1) is 31.6 Å². The summed E-state index contributed by atoms with van der Waals surface area (Å²) >= 11 is 5.94. The molecule has 2 aromatic carbocycles. The van der Waals surface area contributed by atoms with E-state index < -0.39 is 18.5 Å². The van der Waals surface area contributed by atoms with Gasteiger partial charge in [0.1, 0.15) is 5.75 Å². The van der Waals surface area contributed by atoms with Crippen LogP contribution >= 0.6 is 11.6 Å². The summed E-state index contributed by atoms with van der Waals surface area (Å²) in [4.78, 5) is 26.6. The highest BCUT2D eigenvalue weighted by Gasteiger charge is 2.14. The van der Waals surface area contributed by atoms with Gasteiger partial charge in [-0.1, -0.05) is 23.7 Å². The smallest absolute Gasteiger partial charge is 0.338 e. The number of methoxy groups -OCH3 is 1. The average molecular weight is 419 g/mol. The van der Waals surface area contributed by atoms with Crippen LogP contribution in [0.3, 0.4) is 0 Å². The van der Waals surface area contributed by atoms with Crippen molar-refractivity contribution in [3.05, 3.63) is 58.6 Å². The molecule has 0 atom stereocenters. The first-order valence-electron chi connectivity index (χ1n) is 9.24. The van der Waals surface area contributed by atoms with Crippen LogP contribution < -0.4 is 10.1 Å². The summed E-state index contributed by atoms with van der Waals surface area (Å²) in [5.41, 5.74) is 1.91. The predicted octanol–water partition coefficient (Wildman–Crippen LogP) is 2.98. The Morgan fingerprint density at radius 3 is 2.55 bits per heavy atom. The number of halogens is 1. The van der Waals surface area contributed by atoms with E-state index in [0.29, 0.717) is 22.0 Å². The number of morpholine rings is 1. The van der Waals surface area contributed by atoms with Crippen molar-refractivity contribution in [1.82, 2.24) is 4.90 Å². The highest BCUT2D eigenvalue weighted by Crippen LogP contribution is 2.27. The van der Waals surface area contributed by atoms with Crippen molar-refractivity contribution >= 4 is 29.2 Å². The molecule has 0 radical (unpaired) electrons. The first kappa shape index (κ1) is 21.1. The van der Waals surface area contributed by atoms with Crippen LogP contribution in [0.15, 0.2) is 42.5 Å². The Morgan fingerprint density at radius 2 is 1.86 bits per heavy atom. The van der Waals surface area contributed by atoms with Crippen LogP contribution in [0.5, 0.6) is 5.75 Å². The Kier molecular flexibility index (Phi) is 7.46. The Balaban J connectivity index is 1.49. The number of esters is 1. The van der Waals surface area contributed by atoms with E-state index in [1.165, 1.54) is 7.11 Å². The lowest BCUT2D eigenvalue weighted by atomic mass is 10.1. The Bertz CT molecular complexity index is 851. The molecule has 1 amide bonds. The van der Waals surface area contributed by atoms with Gasteiger partial charge in [-0.15, -0.1) is 0 Å². The zero-order chi connectivity index (χ0) is 20.6. The fourth-order valence-corrected chi connectivity index (χ4v) is 3.11. The van der Waals surface area contributed by atoms with Crippen LogP contribution in [0.4, 0.5) is 5.69 Å². The molecule has 1 N–H and O–H groups in total. The minimum atomic E-state index is -0.559. The lowest BCUT2D eigenvalue weighted by molar-refractivity contribution is -0.119. The Morgan fingerprint density at radius 1 is 1.14 bits per heavy atom. The highest BCUT2D eigenvalue weighted by molar-refractivity contribution is 6.31. The SMILES string of the molecule is COc1ccc(Cl)cc1NC(=O)COC(=O)c1ccc(CN2CCOCC2)cc1. The molecule has 0 aromatic heterocycles. The second-order valence-corrected chi connectivity index (χ2v) is 6.99. The standard InChI is InChI=1S/C21H23ClN2O5/c1-27-19-7-6-17(22)12-18(19)23-20(25)14-29-21(26)16-4-2-15(3-5-16)13-24-8-10-28-11-9-24/h2-7,12H,8-11,13-14H2,1H3,(H,23,25). The predicted molar refractivity (Wildman–Crippen MR) is 109 cm³/mol. The van der Waals surface area contributed by atoms with Crippen LogP contribution in [-0.4, -0.2) is 56.8 Å². The van der Waals surface area contributed by atoms with Gasteiger partial charge in [-0.2, -0.15) is 0 Å². The molecule has 0 saturated carbocycles. The van der Waals surface area contributed by atoms with E-state index in [1.54, 1.807) is 30.3 Å². The van der Waals surface area contributed by atoms with E-state index >= 15 is 0 Å². The number of carbonyl (C=O) groups is 2. The van der Waals surface area contributed by atoms with Crippen LogP contribution in [-0.2, 0) is 20.8 Å². The average Bonchev–Trinajstić information content (AvgIpc) is 2.73. The van der Waals surface area contributed by atoms with Gasteiger partial charge in [-0.25, -0.2) is 4.79 Å². The first-order valence-corrected chi connectivity index (χ1v) is 9.62. The third kappa shape index (κ3) is 6.19. The maximum absolute atomic E-state index is 12.2. The van der Waals surface area contributed by atoms with Gasteiger partial charge in [0.25, 0.3) is 5.91 Å². The second-order valence-electron chi connectivity index (χ2n) is 6.55. The molecule has 29 heavy (non-hydrogen) atoms. The Labute approximate surface area is 174 Å². The summed E-state index contributed by atoms with van der Waals surface area (Å²) in [5, 5.41) is 3.08. The van der Waals surface area contributed by atoms with Crippen LogP contribution in [0, 0.1) is 0 Å². The number of nitrogens with one attached hydrogen (secondary N) is 1. The van der Waals surface area contributed by atoms with Crippen LogP contribution in [0.1, 0.15) is 15.9 Å². The molecule has 0 spiro atoms. The van der Waals surface area contributed by atoms with Crippen LogP contribution in [0.2, 0.25) is 5.02 Å². The largest absolute Gasteiger partial charge is 0.495 e. The molecule has 0 bridgehead atoms. The molecule has 154 valence electrons. The van der Waals surface area contributed by atoms with Crippen molar-refractivity contribution in [1.29, 1.82) is 0 Å². The monoisotopic (exact) mass is 418 g/mol. The zero-order valence-corrected chi connectivity index (χ0v) is 16.9. The van der Waals surface area contributed by atoms with Gasteiger partial charge in [-0.05, 0) is 35.9 Å². The van der Waals surface area contributed by atoms with Gasteiger partial charge in [0, 0.05) is 24.7 Å². The van der Waals surface area contributed by atoms with Gasteiger partial charge in [-0.3, -0.25) is 9.69 Å². The molecule has 1 saturated heterocycles. The molecule has 8 heteroatoms. The molecule has 1 aliphatic heterocycles. The molecule has 7 nitrogen and oxygen atoms in total. The molecule has 0 unspecified atom stereocenters. The van der Waals surface area contributed by atoms with E-state index in [4.69, 9.17) is 25.8 Å². The van der Waals surface area contributed by atoms with Crippen molar-refractivity contribution < 1.29 is 23.8 Å². The summed E-state index contributed by atoms with van der Waals surface area (Å²) < 4.78 is 15.6. The van der Waals surface area contributed by atoms with Gasteiger partial charge in [0.15, 0.2) is 6.61 Å². The molecular formula is C21H23ClN2O5. The van der Waals surface area contributed by atoms with E-state index in [0.717, 1.165) is 38.4 Å². The summed E-state index contributed by atoms with van der Waals surface area (Å²) in [6.07, 6.45) is 0. The number of hydrogen-bond acceptors (Lipinski definition) is 6. The number of hydrogen-bond donors (Lipinski definition) is 1. The quantitative estimate of drug-likeness (QED) is 0.696. The van der Waals surface area contributed by atoms with E-state index in [1.807, 2.05) is 12.1 Å². The zero-order valence-electron chi connectivity index (χ0n) is 16.2. The highest BCUT2D eigenvalue weighted by atomic mass is 35.5. The number of benzene rings is 2. The van der Waals surface area contributed by atoms with E-state index in [2.05, 4.69) is 10.2 Å². The summed E-state index contributed by atoms with van der Waals surface area (Å²) in [6.45, 7) is 3.68. The fraction of sp³-hybridized carbons (Fsp3) is 0.333. The molecule has 1 aliphatic rings. The summed E-state index contributed by atoms with van der Waals surface area (Å²) in [7, 11) is 1.49. The topological polar surface area (TPSA) is 77.1 Å². The lowest BCUT2D eigenvalue weighted by Crippen LogP contribution is -2.35. The number of nitrogens with zero attached hydrogens (tertiary/aromatic N) is 1. The van der Waals surface area contributed by atoms with Crippen molar-refractivity contribution in [3.63, 3.8) is 0 Å². The lowest BCUT2D eigenvalue weighted by Gasteiger charge is -2.26. The first-order chi connectivity index (χ1) is 14.0. The number of carbonyl (C=O) groups excluding carboxylic acids is 2. The van der Waals surface area contributed by atoms with Crippen LogP contribution in [0.25, 0.3) is 0 Å². The van der Waals surface area contributed by atoms with Gasteiger partial charge >= 0.3 is 5.97 Å². The second kappa shape index (κ2) is 10.2. The van der Waals surface area contributed by atoms with Crippen molar-refractivity contribution in [2.75, 3.05) is 45.3 Å². The minimum Gasteiger partial charge on any atom is -0.495 e. The summed E-state index contributed by atoms with van der Waals surface area (Å²) in [5.74, 6) is -0.580. The number of amides is 1. The third-order valence-corrected chi connectivity index (χ3v) is 4.70. The fourth-order valence-electron chi connectivity index (χ4n) is 2.94. The van der Waals surface area contributed by atoms with Crippen molar-refractivity contribution in [3.8, 4) is 5.75 Å². The van der Waals surface area contributed by atoms with E-state index in [9.17, 15) is 9.59 Å². The minimum absolute atomic E-state index is 0.392. The number of anilines is 1. The molecule has 1 heterocycles. The van der Waals surface area contributed by atoms with Gasteiger partial charge in [0.2, 0.25) is 0 Å². The number of rotatable bonds is 7. The maximum atomic E-state index is 12.2. The third-order valence-electron chi connectivity index (χ3n) is 4.47. The molecule has 3 rings (SSSR count). The molecule has 0 aliphatic carbocycles. The normalized spacial score (nSPS) is 14.3.